The summed E-state index contributed by atoms with van der Waals surface area (Å²) in [7, 11) is 0. The summed E-state index contributed by atoms with van der Waals surface area (Å²) in [6, 6.07) is 1.89. The van der Waals surface area contributed by atoms with Crippen molar-refractivity contribution in [1.82, 2.24) is 25.9 Å². The van der Waals surface area contributed by atoms with Crippen molar-refractivity contribution in [1.29, 1.82) is 0 Å². The summed E-state index contributed by atoms with van der Waals surface area (Å²) in [4.78, 5) is 56.7. The van der Waals surface area contributed by atoms with Gasteiger partial charge in [-0.05, 0) is 30.5 Å². The van der Waals surface area contributed by atoms with E-state index in [1.54, 1.807) is 19.1 Å². The lowest BCUT2D eigenvalue weighted by Crippen LogP contribution is -2.57. The zero-order valence-corrected chi connectivity index (χ0v) is 20.5. The second-order valence-electron chi connectivity index (χ2n) is 8.76. The van der Waals surface area contributed by atoms with E-state index >= 15 is 0 Å². The number of nitrogens with two attached hydrogens (primary N) is 1. The molecule has 0 bridgehead atoms. The number of aromatic hydroxyl groups is 1. The molecule has 12 heteroatoms. The number of aliphatic carboxylic acids is 1. The molecule has 36 heavy (non-hydrogen) atoms. The minimum Gasteiger partial charge on any atom is -0.508 e. The molecule has 5 unspecified atom stereocenters. The molecule has 0 saturated carbocycles. The zero-order valence-electron chi connectivity index (χ0n) is 20.5. The number of aromatic nitrogens is 2. The third-order valence-electron chi connectivity index (χ3n) is 5.87. The number of benzene rings is 1. The van der Waals surface area contributed by atoms with Gasteiger partial charge in [-0.2, -0.15) is 0 Å². The maximum absolute atomic E-state index is 13.1. The molecule has 0 aliphatic carbocycles. The van der Waals surface area contributed by atoms with Crippen LogP contribution in [-0.4, -0.2) is 68.0 Å². The second kappa shape index (κ2) is 13.2. The summed E-state index contributed by atoms with van der Waals surface area (Å²) < 4.78 is 0. The minimum absolute atomic E-state index is 0.0463. The Morgan fingerprint density at radius 3 is 2.22 bits per heavy atom. The molecule has 0 aliphatic heterocycles. The van der Waals surface area contributed by atoms with Crippen LogP contribution in [-0.2, 0) is 32.0 Å². The fraction of sp³-hybridized carbons (Fsp3) is 0.458. The summed E-state index contributed by atoms with van der Waals surface area (Å²) in [5, 5.41) is 26.6. The summed E-state index contributed by atoms with van der Waals surface area (Å²) in [6.45, 7) is 4.94. The highest BCUT2D eigenvalue weighted by Gasteiger charge is 2.30. The van der Waals surface area contributed by atoms with E-state index < -0.39 is 47.9 Å². The third kappa shape index (κ3) is 8.38. The van der Waals surface area contributed by atoms with Gasteiger partial charge in [0.1, 0.15) is 23.9 Å². The maximum atomic E-state index is 13.1. The van der Waals surface area contributed by atoms with E-state index in [0.717, 1.165) is 0 Å². The van der Waals surface area contributed by atoms with Gasteiger partial charge in [-0.25, -0.2) is 9.78 Å². The van der Waals surface area contributed by atoms with Gasteiger partial charge in [0.2, 0.25) is 17.7 Å². The smallest absolute Gasteiger partial charge is 0.326 e. The zero-order chi connectivity index (χ0) is 26.8. The van der Waals surface area contributed by atoms with Gasteiger partial charge in [-0.1, -0.05) is 32.4 Å². The van der Waals surface area contributed by atoms with E-state index in [2.05, 4.69) is 25.9 Å². The number of hydrogen-bond donors (Lipinski definition) is 7. The number of aromatic amines is 1. The molecule has 0 aliphatic rings. The highest BCUT2D eigenvalue weighted by atomic mass is 16.4. The molecule has 2 aromatic rings. The predicted octanol–water partition coefficient (Wildman–Crippen LogP) is -0.167. The summed E-state index contributed by atoms with van der Waals surface area (Å²) in [6.07, 6.45) is 3.77. The molecule has 0 saturated heterocycles. The van der Waals surface area contributed by atoms with Gasteiger partial charge >= 0.3 is 5.97 Å². The van der Waals surface area contributed by atoms with Crippen LogP contribution in [0.5, 0.6) is 5.75 Å². The number of phenolic OH excluding ortho intramolecular Hbond substituents is 1. The molecule has 8 N–H and O–H groups in total. The average Bonchev–Trinajstić information content (AvgIpc) is 3.35. The van der Waals surface area contributed by atoms with Crippen molar-refractivity contribution in [2.75, 3.05) is 0 Å². The molecule has 3 amide bonds. The first-order chi connectivity index (χ1) is 17.0. The first-order valence-electron chi connectivity index (χ1n) is 11.7. The fourth-order valence-corrected chi connectivity index (χ4v) is 3.42. The number of carbonyl (C=O) groups is 4. The molecule has 2 rings (SSSR count). The van der Waals surface area contributed by atoms with Crippen LogP contribution >= 0.6 is 0 Å². The molecular weight excluding hydrogens is 468 g/mol. The van der Waals surface area contributed by atoms with Gasteiger partial charge in [0.15, 0.2) is 0 Å². The van der Waals surface area contributed by atoms with Gasteiger partial charge < -0.3 is 36.9 Å². The van der Waals surface area contributed by atoms with Gasteiger partial charge in [-0.3, -0.25) is 14.4 Å². The molecule has 196 valence electrons. The van der Waals surface area contributed by atoms with Crippen LogP contribution in [0.4, 0.5) is 0 Å². The lowest BCUT2D eigenvalue weighted by Gasteiger charge is -2.25. The van der Waals surface area contributed by atoms with E-state index in [1.165, 1.54) is 31.6 Å². The number of imidazole rings is 1. The monoisotopic (exact) mass is 502 g/mol. The molecule has 0 fully saturated rings. The fourth-order valence-electron chi connectivity index (χ4n) is 3.42. The number of phenols is 1. The Kier molecular flexibility index (Phi) is 10.4. The highest BCUT2D eigenvalue weighted by molar-refractivity contribution is 5.94. The van der Waals surface area contributed by atoms with Crippen molar-refractivity contribution in [2.45, 2.75) is 64.2 Å². The minimum atomic E-state index is -1.17. The topological polar surface area (TPSA) is 200 Å². The number of nitrogens with zero attached hydrogens (tertiary/aromatic N) is 1. The number of H-pyrrole nitrogens is 1. The van der Waals surface area contributed by atoms with E-state index in [1.807, 2.05) is 6.92 Å². The highest BCUT2D eigenvalue weighted by Crippen LogP contribution is 2.12. The van der Waals surface area contributed by atoms with E-state index in [-0.39, 0.29) is 24.5 Å². The molecule has 1 aromatic carbocycles. The van der Waals surface area contributed by atoms with E-state index in [9.17, 15) is 29.4 Å². The van der Waals surface area contributed by atoms with Crippen LogP contribution in [0.2, 0.25) is 0 Å². The maximum Gasteiger partial charge on any atom is 0.326 e. The number of carboxylic acids is 1. The number of nitrogens with one attached hydrogen (secondary N) is 4. The van der Waals surface area contributed by atoms with Crippen LogP contribution in [0, 0.1) is 5.92 Å². The van der Waals surface area contributed by atoms with Crippen LogP contribution in [0.3, 0.4) is 0 Å². The number of hydrogen-bond acceptors (Lipinski definition) is 7. The second-order valence-corrected chi connectivity index (χ2v) is 8.76. The van der Waals surface area contributed by atoms with Crippen molar-refractivity contribution in [3.05, 3.63) is 48.0 Å². The summed E-state index contributed by atoms with van der Waals surface area (Å²) in [5.41, 5.74) is 7.30. The SMILES string of the molecule is CCC(C)C(NC(=O)C(C)NC(=O)C(Cc1ccc(O)cc1)NC(=O)C(N)Cc1cnc[nH]1)C(=O)O. The number of amides is 3. The summed E-state index contributed by atoms with van der Waals surface area (Å²) in [5.74, 6) is -3.33. The number of carbonyl (C=O) groups excluding carboxylic acids is 3. The first-order valence-corrected chi connectivity index (χ1v) is 11.7. The lowest BCUT2D eigenvalue weighted by molar-refractivity contribution is -0.143. The number of rotatable bonds is 13. The Hall–Kier alpha value is -3.93. The van der Waals surface area contributed by atoms with Crippen LogP contribution in [0.1, 0.15) is 38.4 Å². The molecule has 0 radical (unpaired) electrons. The van der Waals surface area contributed by atoms with Crippen LogP contribution in [0.25, 0.3) is 0 Å². The van der Waals surface area contributed by atoms with E-state index in [0.29, 0.717) is 17.7 Å². The Morgan fingerprint density at radius 1 is 1.00 bits per heavy atom. The lowest BCUT2D eigenvalue weighted by atomic mass is 9.99. The molecule has 5 atom stereocenters. The largest absolute Gasteiger partial charge is 0.508 e. The Morgan fingerprint density at radius 2 is 1.67 bits per heavy atom. The Bertz CT molecular complexity index is 1030. The predicted molar refractivity (Wildman–Crippen MR) is 131 cm³/mol. The molecule has 1 heterocycles. The van der Waals surface area contributed by atoms with Gasteiger partial charge in [0, 0.05) is 24.7 Å². The van der Waals surface area contributed by atoms with Gasteiger partial charge in [0.25, 0.3) is 0 Å². The Balaban J connectivity index is 2.11. The van der Waals surface area contributed by atoms with Gasteiger partial charge in [-0.15, -0.1) is 0 Å². The van der Waals surface area contributed by atoms with Crippen LogP contribution in [0.15, 0.2) is 36.8 Å². The van der Waals surface area contributed by atoms with Gasteiger partial charge in [0.05, 0.1) is 12.4 Å². The first kappa shape index (κ1) is 28.3. The van der Waals surface area contributed by atoms with Crippen molar-refractivity contribution in [3.63, 3.8) is 0 Å². The molecule has 1 aromatic heterocycles. The van der Waals surface area contributed by atoms with Crippen molar-refractivity contribution in [3.8, 4) is 5.75 Å². The van der Waals surface area contributed by atoms with Crippen LogP contribution < -0.4 is 21.7 Å². The normalized spacial score (nSPS) is 15.1. The quantitative estimate of drug-likeness (QED) is 0.196. The molecule has 0 spiro atoms. The molecule has 12 nitrogen and oxygen atoms in total. The third-order valence-corrected chi connectivity index (χ3v) is 5.87. The summed E-state index contributed by atoms with van der Waals surface area (Å²) >= 11 is 0. The average molecular weight is 503 g/mol. The van der Waals surface area contributed by atoms with E-state index in [4.69, 9.17) is 5.73 Å². The Labute approximate surface area is 209 Å². The molecular formula is C24H34N6O6. The van der Waals surface area contributed by atoms with Crippen molar-refractivity contribution >= 4 is 23.7 Å². The van der Waals surface area contributed by atoms with Crippen molar-refractivity contribution < 1.29 is 29.4 Å². The number of carboxylic acid groups (broad SMARTS) is 1. The van der Waals surface area contributed by atoms with Crippen molar-refractivity contribution in [2.24, 2.45) is 11.7 Å². The standard InChI is InChI=1S/C24H34N6O6/c1-4-13(2)20(24(35)36)30-21(32)14(3)28-23(34)19(9-15-5-7-17(31)8-6-15)29-22(33)18(25)10-16-11-26-12-27-16/h5-8,11-14,18-20,31H,4,9-10,25H2,1-3H3,(H,26,27)(H,28,34)(H,29,33)(H,30,32)(H,35,36).